The minimum absolute atomic E-state index is 0. The van der Waals surface area contributed by atoms with Crippen LogP contribution in [0.25, 0.3) is 0 Å². The minimum atomic E-state index is -4.84. The summed E-state index contributed by atoms with van der Waals surface area (Å²) in [6.45, 7) is 4.25. The van der Waals surface area contributed by atoms with Gasteiger partial charge in [0, 0.05) is 45.0 Å². The van der Waals surface area contributed by atoms with Gasteiger partial charge in [0.1, 0.15) is 28.9 Å². The molecular formula is C33H38F3N3O4S. The van der Waals surface area contributed by atoms with Crippen molar-refractivity contribution < 1.29 is 27.6 Å². The highest BCUT2D eigenvalue weighted by Crippen LogP contribution is 2.38. The molecule has 0 unspecified atom stereocenters. The molecule has 0 atom stereocenters. The quantitative estimate of drug-likeness (QED) is 0.134. The van der Waals surface area contributed by atoms with Crippen LogP contribution in [0.3, 0.4) is 0 Å². The molecule has 7 nitrogen and oxygen atoms in total. The van der Waals surface area contributed by atoms with Crippen LogP contribution in [0.4, 0.5) is 18.9 Å². The molecule has 11 heteroatoms. The smallest absolute Gasteiger partial charge is 0.423 e. The largest absolute Gasteiger partial charge is 0.490 e. The number of hydrogen-bond donors (Lipinski definition) is 0. The number of nitrogens with zero attached hydrogens (tertiary/aromatic N) is 3. The molecule has 0 saturated carbocycles. The zero-order chi connectivity index (χ0) is 30.4. The fourth-order valence-electron chi connectivity index (χ4n) is 5.72. The van der Waals surface area contributed by atoms with E-state index in [2.05, 4.69) is 21.9 Å². The molecule has 0 bridgehead atoms. The van der Waals surface area contributed by atoms with Gasteiger partial charge in [-0.25, -0.2) is 0 Å². The lowest BCUT2D eigenvalue weighted by atomic mass is 9.89. The van der Waals surface area contributed by atoms with Crippen molar-refractivity contribution in [3.63, 3.8) is 0 Å². The second-order valence-electron chi connectivity index (χ2n) is 11.0. The maximum atomic E-state index is 13.3. The van der Waals surface area contributed by atoms with Crippen molar-refractivity contribution in [1.29, 1.82) is 0 Å². The zero-order valence-electron chi connectivity index (χ0n) is 23.7. The predicted octanol–water partition coefficient (Wildman–Crippen LogP) is 8.48. The molecule has 2 heterocycles. The van der Waals surface area contributed by atoms with E-state index in [1.54, 1.807) is 0 Å². The highest BCUT2D eigenvalue weighted by Gasteiger charge is 2.39. The average molecular weight is 630 g/mol. The van der Waals surface area contributed by atoms with Crippen LogP contribution in [-0.2, 0) is 6.18 Å². The van der Waals surface area contributed by atoms with Crippen molar-refractivity contribution >= 4 is 22.9 Å². The Morgan fingerprint density at radius 1 is 0.886 bits per heavy atom. The third-order valence-corrected chi connectivity index (χ3v) is 8.59. The molecule has 0 N–H and O–H groups in total. The monoisotopic (exact) mass is 629 g/mol. The standard InChI is InChI=1S/C32H34F3N3O4S.CH4/c33-32(34,35)29-22-28(10-11-30(29)38(39)40)42-27-14-20-37(21-15-27)31(43)16-19-36-17-12-24(13-18-36)23-6-8-26(9-7-23)41-25-4-2-1-3-5-25;/h1-11,22,24,27H,12-21H2;1H4. The normalized spacial score (nSPS) is 16.7. The third-order valence-electron chi connectivity index (χ3n) is 8.13. The Bertz CT molecular complexity index is 1390. The van der Waals surface area contributed by atoms with Gasteiger partial charge in [0.2, 0.25) is 0 Å². The van der Waals surface area contributed by atoms with E-state index >= 15 is 0 Å². The van der Waals surface area contributed by atoms with Gasteiger partial charge in [0.05, 0.1) is 9.91 Å². The first-order valence-electron chi connectivity index (χ1n) is 14.5. The highest BCUT2D eigenvalue weighted by molar-refractivity contribution is 7.80. The van der Waals surface area contributed by atoms with Crippen LogP contribution >= 0.6 is 12.2 Å². The molecule has 2 fully saturated rings. The Labute approximate surface area is 261 Å². The van der Waals surface area contributed by atoms with Gasteiger partial charge >= 0.3 is 6.18 Å². The van der Waals surface area contributed by atoms with Gasteiger partial charge in [-0.3, -0.25) is 10.1 Å². The summed E-state index contributed by atoms with van der Waals surface area (Å²) in [6, 6.07) is 20.9. The van der Waals surface area contributed by atoms with Gasteiger partial charge in [0.25, 0.3) is 5.69 Å². The average Bonchev–Trinajstić information content (AvgIpc) is 3.01. The Kier molecular flexibility index (Phi) is 11.2. The fraction of sp³-hybridized carbons (Fsp3) is 0.424. The highest BCUT2D eigenvalue weighted by atomic mass is 32.1. The topological polar surface area (TPSA) is 68.1 Å². The minimum Gasteiger partial charge on any atom is -0.490 e. The summed E-state index contributed by atoms with van der Waals surface area (Å²) in [5, 5.41) is 11.0. The summed E-state index contributed by atoms with van der Waals surface area (Å²) in [7, 11) is 0. The molecule has 5 rings (SSSR count). The zero-order valence-corrected chi connectivity index (χ0v) is 24.5. The molecule has 44 heavy (non-hydrogen) atoms. The van der Waals surface area contributed by atoms with Crippen molar-refractivity contribution in [1.82, 2.24) is 9.80 Å². The second-order valence-corrected chi connectivity index (χ2v) is 11.5. The molecule has 3 aromatic carbocycles. The second kappa shape index (κ2) is 14.9. The van der Waals surface area contributed by atoms with E-state index in [0.717, 1.165) is 61.5 Å². The lowest BCUT2D eigenvalue weighted by Gasteiger charge is -2.36. The van der Waals surface area contributed by atoms with Crippen molar-refractivity contribution in [2.75, 3.05) is 32.7 Å². The molecule has 0 amide bonds. The number of nitro groups is 1. The molecule has 0 aromatic heterocycles. The van der Waals surface area contributed by atoms with Crippen LogP contribution in [-0.4, -0.2) is 58.5 Å². The van der Waals surface area contributed by atoms with Gasteiger partial charge in [-0.05, 0) is 73.8 Å². The van der Waals surface area contributed by atoms with E-state index in [1.165, 1.54) is 11.6 Å². The number of hydrogen-bond acceptors (Lipinski definition) is 6. The number of benzene rings is 3. The molecule has 0 radical (unpaired) electrons. The van der Waals surface area contributed by atoms with Gasteiger partial charge in [-0.1, -0.05) is 50.0 Å². The van der Waals surface area contributed by atoms with Crippen molar-refractivity contribution in [2.24, 2.45) is 0 Å². The number of likely N-dealkylation sites (tertiary alicyclic amines) is 2. The Morgan fingerprint density at radius 2 is 1.50 bits per heavy atom. The first-order chi connectivity index (χ1) is 20.7. The van der Waals surface area contributed by atoms with Crippen molar-refractivity contribution in [3.05, 3.63) is 94.0 Å². The number of para-hydroxylation sites is 1. The molecule has 2 saturated heterocycles. The summed E-state index contributed by atoms with van der Waals surface area (Å²) in [5.41, 5.74) is -0.944. The van der Waals surface area contributed by atoms with E-state index in [0.29, 0.717) is 37.9 Å². The van der Waals surface area contributed by atoms with Gasteiger partial charge < -0.3 is 19.3 Å². The maximum Gasteiger partial charge on any atom is 0.423 e. The van der Waals surface area contributed by atoms with Crippen molar-refractivity contribution in [3.8, 4) is 17.2 Å². The molecule has 3 aromatic rings. The number of thiocarbonyl (C=S) groups is 1. The van der Waals surface area contributed by atoms with E-state index in [4.69, 9.17) is 21.7 Å². The summed E-state index contributed by atoms with van der Waals surface area (Å²) in [6.07, 6.45) is -0.928. The number of nitro benzene ring substituents is 1. The Hall–Kier alpha value is -3.70. The van der Waals surface area contributed by atoms with Crippen LogP contribution in [0.5, 0.6) is 17.2 Å². The summed E-state index contributed by atoms with van der Waals surface area (Å²) >= 11 is 5.72. The van der Waals surface area contributed by atoms with Crippen LogP contribution in [0.15, 0.2) is 72.8 Å². The summed E-state index contributed by atoms with van der Waals surface area (Å²) in [5.74, 6) is 2.16. The van der Waals surface area contributed by atoms with Crippen LogP contribution in [0, 0.1) is 10.1 Å². The van der Waals surface area contributed by atoms with Gasteiger partial charge in [-0.15, -0.1) is 0 Å². The van der Waals surface area contributed by atoms with Gasteiger partial charge in [0.15, 0.2) is 0 Å². The van der Waals surface area contributed by atoms with E-state index in [-0.39, 0.29) is 19.3 Å². The molecule has 0 aliphatic carbocycles. The lowest BCUT2D eigenvalue weighted by molar-refractivity contribution is -0.388. The van der Waals surface area contributed by atoms with Crippen LogP contribution in [0.2, 0.25) is 0 Å². The molecule has 2 aliphatic heterocycles. The third kappa shape index (κ3) is 8.69. The van der Waals surface area contributed by atoms with Gasteiger partial charge in [-0.2, -0.15) is 13.2 Å². The fourth-order valence-corrected chi connectivity index (χ4v) is 6.00. The Morgan fingerprint density at radius 3 is 2.11 bits per heavy atom. The summed E-state index contributed by atoms with van der Waals surface area (Å²) in [4.78, 5) is 15.5. The number of ether oxygens (including phenoxy) is 2. The lowest BCUT2D eigenvalue weighted by Crippen LogP contribution is -2.42. The number of halogens is 3. The number of alkyl halides is 3. The van der Waals surface area contributed by atoms with E-state index in [9.17, 15) is 23.3 Å². The Balaban J connectivity index is 0.00000442. The van der Waals surface area contributed by atoms with E-state index < -0.39 is 22.4 Å². The molecule has 236 valence electrons. The van der Waals surface area contributed by atoms with Crippen molar-refractivity contribution in [2.45, 2.75) is 57.7 Å². The SMILES string of the molecule is C.O=[N+]([O-])c1ccc(OC2CCN(C(=S)CCN3CCC(c4ccc(Oc5ccccc5)cc4)CC3)CC2)cc1C(F)(F)F. The molecule has 2 aliphatic rings. The van der Waals surface area contributed by atoms with Crippen LogP contribution < -0.4 is 9.47 Å². The first kappa shape index (κ1) is 33.2. The summed E-state index contributed by atoms with van der Waals surface area (Å²) < 4.78 is 51.6. The number of rotatable bonds is 9. The predicted molar refractivity (Wildman–Crippen MR) is 169 cm³/mol. The molecule has 0 spiro atoms. The first-order valence-corrected chi connectivity index (χ1v) is 14.9. The van der Waals surface area contributed by atoms with E-state index in [1.807, 2.05) is 42.5 Å². The molecular weight excluding hydrogens is 591 g/mol. The van der Waals surface area contributed by atoms with Crippen LogP contribution in [0.1, 0.15) is 56.6 Å². The maximum absolute atomic E-state index is 13.3. The number of piperidine rings is 2.